The lowest BCUT2D eigenvalue weighted by atomic mass is 9.91. The van der Waals surface area contributed by atoms with Crippen molar-refractivity contribution in [2.75, 3.05) is 13.2 Å². The van der Waals surface area contributed by atoms with Gasteiger partial charge in [-0.25, -0.2) is 0 Å². The normalized spacial score (nSPS) is 24.1. The smallest absolute Gasteiger partial charge is 0.255 e. The van der Waals surface area contributed by atoms with Crippen LogP contribution < -0.4 is 0 Å². The van der Waals surface area contributed by atoms with Gasteiger partial charge < -0.3 is 10.0 Å². The molecular formula is C17H20N2O2. The molecule has 3 rings (SSSR count). The maximum Gasteiger partial charge on any atom is 0.255 e. The Morgan fingerprint density at radius 1 is 1.38 bits per heavy atom. The average Bonchev–Trinajstić information content (AvgIpc) is 3.01. The molecule has 1 N–H and O–H groups in total. The van der Waals surface area contributed by atoms with Crippen molar-refractivity contribution >= 4 is 5.91 Å². The number of nitrogens with zero attached hydrogens (tertiary/aromatic N) is 2. The van der Waals surface area contributed by atoms with Crippen LogP contribution in [0.3, 0.4) is 0 Å². The summed E-state index contributed by atoms with van der Waals surface area (Å²) in [6, 6.07) is 2.14. The van der Waals surface area contributed by atoms with Crippen LogP contribution in [0.25, 0.3) is 0 Å². The minimum Gasteiger partial charge on any atom is -0.384 e. The highest BCUT2D eigenvalue weighted by molar-refractivity contribution is 5.96. The lowest BCUT2D eigenvalue weighted by molar-refractivity contribution is 0.0548. The molecule has 4 heteroatoms. The molecule has 4 nitrogen and oxygen atoms in total. The minimum absolute atomic E-state index is 0.0660. The summed E-state index contributed by atoms with van der Waals surface area (Å²) in [5, 5.41) is 8.84. The summed E-state index contributed by atoms with van der Waals surface area (Å²) in [4.78, 5) is 19.0. The number of hydrogen-bond acceptors (Lipinski definition) is 3. The van der Waals surface area contributed by atoms with Crippen LogP contribution in [0.1, 0.15) is 48.0 Å². The SMILES string of the molecule is O=C(c1ccncc1C#CCO)N1CCCC2CCCC21. The first kappa shape index (κ1) is 14.1. The predicted octanol–water partition coefficient (Wildman–Crippen LogP) is 1.83. The van der Waals surface area contributed by atoms with Crippen LogP contribution in [-0.4, -0.2) is 40.1 Å². The number of likely N-dealkylation sites (tertiary alicyclic amines) is 1. The standard InChI is InChI=1S/C17H20N2O2/c20-11-3-6-14-12-18-9-8-15(14)17(21)19-10-2-5-13-4-1-7-16(13)19/h8-9,12-13,16,20H,1-2,4-5,7,10-11H2. The highest BCUT2D eigenvalue weighted by Crippen LogP contribution is 2.37. The van der Waals surface area contributed by atoms with Crippen molar-refractivity contribution in [1.29, 1.82) is 0 Å². The molecule has 21 heavy (non-hydrogen) atoms. The second kappa shape index (κ2) is 6.28. The van der Waals surface area contributed by atoms with Crippen molar-refractivity contribution < 1.29 is 9.90 Å². The number of fused-ring (bicyclic) bond motifs is 1. The molecule has 2 atom stereocenters. The van der Waals surface area contributed by atoms with Gasteiger partial charge in [-0.2, -0.15) is 0 Å². The molecule has 1 aliphatic carbocycles. The molecule has 1 aliphatic heterocycles. The van der Waals surface area contributed by atoms with Gasteiger partial charge in [0.1, 0.15) is 6.61 Å². The van der Waals surface area contributed by atoms with Crippen molar-refractivity contribution in [2.45, 2.75) is 38.1 Å². The molecule has 0 aromatic carbocycles. The fourth-order valence-electron chi connectivity index (χ4n) is 3.68. The Kier molecular flexibility index (Phi) is 4.21. The Morgan fingerprint density at radius 2 is 2.24 bits per heavy atom. The van der Waals surface area contributed by atoms with E-state index in [1.807, 2.05) is 4.90 Å². The van der Waals surface area contributed by atoms with E-state index in [9.17, 15) is 4.79 Å². The van der Waals surface area contributed by atoms with Crippen LogP contribution in [0.4, 0.5) is 0 Å². The molecule has 2 heterocycles. The third-order valence-corrected chi connectivity index (χ3v) is 4.61. The van der Waals surface area contributed by atoms with Crippen molar-refractivity contribution in [3.05, 3.63) is 29.6 Å². The van der Waals surface area contributed by atoms with Gasteiger partial charge in [0.2, 0.25) is 0 Å². The van der Waals surface area contributed by atoms with Crippen LogP contribution >= 0.6 is 0 Å². The Labute approximate surface area is 125 Å². The summed E-state index contributed by atoms with van der Waals surface area (Å²) in [5.74, 6) is 6.18. The largest absolute Gasteiger partial charge is 0.384 e. The highest BCUT2D eigenvalue weighted by Gasteiger charge is 2.37. The molecule has 1 saturated heterocycles. The number of aliphatic hydroxyl groups is 1. The molecule has 1 amide bonds. The monoisotopic (exact) mass is 284 g/mol. The average molecular weight is 284 g/mol. The van der Waals surface area contributed by atoms with E-state index < -0.39 is 0 Å². The molecule has 2 fully saturated rings. The van der Waals surface area contributed by atoms with Gasteiger partial charge in [0.05, 0.1) is 11.1 Å². The molecule has 0 bridgehead atoms. The summed E-state index contributed by atoms with van der Waals surface area (Å²) < 4.78 is 0. The van der Waals surface area contributed by atoms with Gasteiger partial charge in [-0.1, -0.05) is 18.3 Å². The fraction of sp³-hybridized carbons (Fsp3) is 0.529. The number of rotatable bonds is 1. The van der Waals surface area contributed by atoms with Crippen LogP contribution in [0.5, 0.6) is 0 Å². The summed E-state index contributed by atoms with van der Waals surface area (Å²) >= 11 is 0. The maximum atomic E-state index is 12.9. The predicted molar refractivity (Wildman–Crippen MR) is 79.6 cm³/mol. The number of carbonyl (C=O) groups is 1. The van der Waals surface area contributed by atoms with E-state index in [1.165, 1.54) is 19.3 Å². The summed E-state index contributed by atoms with van der Waals surface area (Å²) in [7, 11) is 0. The number of piperidine rings is 1. The van der Waals surface area contributed by atoms with Crippen molar-refractivity contribution in [3.63, 3.8) is 0 Å². The number of hydrogen-bond donors (Lipinski definition) is 1. The lowest BCUT2D eigenvalue weighted by Gasteiger charge is -2.38. The van der Waals surface area contributed by atoms with Gasteiger partial charge >= 0.3 is 0 Å². The third-order valence-electron chi connectivity index (χ3n) is 4.61. The van der Waals surface area contributed by atoms with E-state index in [0.717, 1.165) is 19.4 Å². The van der Waals surface area contributed by atoms with Crippen LogP contribution in [0, 0.1) is 17.8 Å². The van der Waals surface area contributed by atoms with Crippen LogP contribution in [0.2, 0.25) is 0 Å². The molecular weight excluding hydrogens is 264 g/mol. The van der Waals surface area contributed by atoms with Gasteiger partial charge in [-0.15, -0.1) is 0 Å². The van der Waals surface area contributed by atoms with E-state index in [1.54, 1.807) is 18.5 Å². The van der Waals surface area contributed by atoms with E-state index in [4.69, 9.17) is 5.11 Å². The zero-order valence-electron chi connectivity index (χ0n) is 12.1. The van der Waals surface area contributed by atoms with E-state index in [-0.39, 0.29) is 12.5 Å². The van der Waals surface area contributed by atoms with E-state index in [2.05, 4.69) is 16.8 Å². The number of carbonyl (C=O) groups excluding carboxylic acids is 1. The van der Waals surface area contributed by atoms with Crippen molar-refractivity contribution in [3.8, 4) is 11.8 Å². The number of amides is 1. The van der Waals surface area contributed by atoms with E-state index >= 15 is 0 Å². The van der Waals surface area contributed by atoms with Crippen LogP contribution in [-0.2, 0) is 0 Å². The van der Waals surface area contributed by atoms with Crippen molar-refractivity contribution in [1.82, 2.24) is 9.88 Å². The lowest BCUT2D eigenvalue weighted by Crippen LogP contribution is -2.46. The molecule has 2 aliphatic rings. The van der Waals surface area contributed by atoms with Gasteiger partial charge in [0, 0.05) is 25.0 Å². The first-order chi connectivity index (χ1) is 10.3. The summed E-state index contributed by atoms with van der Waals surface area (Å²) in [6.45, 7) is 0.631. The number of aromatic nitrogens is 1. The molecule has 0 spiro atoms. The van der Waals surface area contributed by atoms with Gasteiger partial charge in [0.15, 0.2) is 0 Å². The molecule has 110 valence electrons. The second-order valence-electron chi connectivity index (χ2n) is 5.78. The highest BCUT2D eigenvalue weighted by atomic mass is 16.2. The zero-order valence-corrected chi connectivity index (χ0v) is 12.1. The maximum absolute atomic E-state index is 12.9. The molecule has 2 unspecified atom stereocenters. The Hall–Kier alpha value is -1.86. The Bertz CT molecular complexity index is 588. The first-order valence-corrected chi connectivity index (χ1v) is 7.66. The van der Waals surface area contributed by atoms with E-state index in [0.29, 0.717) is 23.1 Å². The second-order valence-corrected chi connectivity index (χ2v) is 5.78. The Balaban J connectivity index is 1.88. The summed E-state index contributed by atoms with van der Waals surface area (Å²) in [6.07, 6.45) is 9.19. The topological polar surface area (TPSA) is 53.4 Å². The van der Waals surface area contributed by atoms with Crippen LogP contribution in [0.15, 0.2) is 18.5 Å². The number of pyridine rings is 1. The quantitative estimate of drug-likeness (QED) is 0.801. The van der Waals surface area contributed by atoms with Gasteiger partial charge in [0.25, 0.3) is 5.91 Å². The molecule has 1 aromatic heterocycles. The van der Waals surface area contributed by atoms with Gasteiger partial charge in [-0.05, 0) is 37.7 Å². The third kappa shape index (κ3) is 2.79. The fourth-order valence-corrected chi connectivity index (χ4v) is 3.68. The first-order valence-electron chi connectivity index (χ1n) is 7.66. The Morgan fingerprint density at radius 3 is 3.10 bits per heavy atom. The molecule has 1 saturated carbocycles. The summed E-state index contributed by atoms with van der Waals surface area (Å²) in [5.41, 5.74) is 1.22. The number of aliphatic hydroxyl groups excluding tert-OH is 1. The minimum atomic E-state index is -0.211. The zero-order chi connectivity index (χ0) is 14.7. The molecule has 1 aromatic rings. The van der Waals surface area contributed by atoms with Crippen molar-refractivity contribution in [2.24, 2.45) is 5.92 Å². The molecule has 0 radical (unpaired) electrons. The van der Waals surface area contributed by atoms with Gasteiger partial charge in [-0.3, -0.25) is 9.78 Å².